The van der Waals surface area contributed by atoms with E-state index in [1.54, 1.807) is 0 Å². The molecule has 4 N–H and O–H groups in total. The van der Waals surface area contributed by atoms with Crippen molar-refractivity contribution < 1.29 is 4.79 Å². The number of carbonyl (C=O) groups is 1. The molecule has 1 aromatic rings. The van der Waals surface area contributed by atoms with Gasteiger partial charge in [-0.25, -0.2) is 0 Å². The largest absolute Gasteiger partial charge is 0.369 e. The number of anilines is 1. The fourth-order valence-electron chi connectivity index (χ4n) is 1.82. The minimum absolute atomic E-state index is 0.165. The molecule has 0 bridgehead atoms. The van der Waals surface area contributed by atoms with Gasteiger partial charge in [0.15, 0.2) is 0 Å². The van der Waals surface area contributed by atoms with Crippen LogP contribution < -0.4 is 16.4 Å². The number of hydrogen-bond donors (Lipinski definition) is 2. The molecule has 0 aliphatic rings. The summed E-state index contributed by atoms with van der Waals surface area (Å²) in [5.41, 5.74) is 13.1. The summed E-state index contributed by atoms with van der Waals surface area (Å²) in [6.07, 6.45) is 0. The van der Waals surface area contributed by atoms with E-state index in [-0.39, 0.29) is 11.8 Å². The molecule has 0 saturated carbocycles. The van der Waals surface area contributed by atoms with Crippen molar-refractivity contribution in [3.63, 3.8) is 0 Å². The molecular weight excluding hydrogens is 226 g/mol. The van der Waals surface area contributed by atoms with Crippen LogP contribution in [0.25, 0.3) is 0 Å². The van der Waals surface area contributed by atoms with Crippen molar-refractivity contribution in [2.45, 2.75) is 33.4 Å². The molecule has 0 radical (unpaired) electrons. The molecule has 100 valence electrons. The standard InChI is InChI=1S/C14H23N3O/c1-10(2)17(9-11(3)14(16)18)13-6-4-12(8-15)5-7-13/h4-7,10-11H,8-9,15H2,1-3H3,(H2,16,18). The third-order valence-electron chi connectivity index (χ3n) is 3.08. The number of nitrogens with two attached hydrogens (primary N) is 2. The van der Waals surface area contributed by atoms with Crippen molar-refractivity contribution in [1.29, 1.82) is 0 Å². The predicted octanol–water partition coefficient (Wildman–Crippen LogP) is 1.48. The summed E-state index contributed by atoms with van der Waals surface area (Å²) in [5, 5.41) is 0. The number of amides is 1. The highest BCUT2D eigenvalue weighted by molar-refractivity contribution is 5.77. The van der Waals surface area contributed by atoms with Gasteiger partial charge in [0.05, 0.1) is 5.92 Å². The van der Waals surface area contributed by atoms with Crippen molar-refractivity contribution in [1.82, 2.24) is 0 Å². The maximum absolute atomic E-state index is 11.2. The van der Waals surface area contributed by atoms with Gasteiger partial charge in [-0.1, -0.05) is 19.1 Å². The van der Waals surface area contributed by atoms with E-state index in [9.17, 15) is 4.79 Å². The van der Waals surface area contributed by atoms with E-state index in [1.807, 2.05) is 31.2 Å². The van der Waals surface area contributed by atoms with E-state index in [0.29, 0.717) is 19.1 Å². The van der Waals surface area contributed by atoms with Crippen LogP contribution in [0.5, 0.6) is 0 Å². The molecule has 0 spiro atoms. The van der Waals surface area contributed by atoms with Crippen LogP contribution in [-0.2, 0) is 11.3 Å². The summed E-state index contributed by atoms with van der Waals surface area (Å²) in [7, 11) is 0. The van der Waals surface area contributed by atoms with Gasteiger partial charge in [-0.15, -0.1) is 0 Å². The number of rotatable bonds is 6. The normalized spacial score (nSPS) is 12.5. The van der Waals surface area contributed by atoms with E-state index >= 15 is 0 Å². The summed E-state index contributed by atoms with van der Waals surface area (Å²) in [5.74, 6) is -0.430. The minimum Gasteiger partial charge on any atom is -0.369 e. The zero-order chi connectivity index (χ0) is 13.7. The molecule has 0 fully saturated rings. The molecule has 4 heteroatoms. The molecule has 1 rings (SSSR count). The van der Waals surface area contributed by atoms with Crippen molar-refractivity contribution in [3.05, 3.63) is 29.8 Å². The van der Waals surface area contributed by atoms with Crippen LogP contribution in [0.2, 0.25) is 0 Å². The monoisotopic (exact) mass is 249 g/mol. The van der Waals surface area contributed by atoms with Gasteiger partial charge in [-0.2, -0.15) is 0 Å². The first-order valence-corrected chi connectivity index (χ1v) is 6.30. The van der Waals surface area contributed by atoms with Crippen molar-refractivity contribution in [2.75, 3.05) is 11.4 Å². The van der Waals surface area contributed by atoms with E-state index in [0.717, 1.165) is 11.3 Å². The molecule has 1 aromatic carbocycles. The fraction of sp³-hybridized carbons (Fsp3) is 0.500. The third-order valence-corrected chi connectivity index (χ3v) is 3.08. The van der Waals surface area contributed by atoms with Gasteiger partial charge in [-0.3, -0.25) is 4.79 Å². The summed E-state index contributed by atoms with van der Waals surface area (Å²) in [6, 6.07) is 8.42. The van der Waals surface area contributed by atoms with Crippen LogP contribution >= 0.6 is 0 Å². The lowest BCUT2D eigenvalue weighted by Crippen LogP contribution is -2.38. The number of benzene rings is 1. The van der Waals surface area contributed by atoms with E-state index in [2.05, 4.69) is 18.7 Å². The molecule has 1 amide bonds. The minimum atomic E-state index is -0.265. The molecule has 1 atom stereocenters. The van der Waals surface area contributed by atoms with Crippen molar-refractivity contribution >= 4 is 11.6 Å². The van der Waals surface area contributed by atoms with Crippen LogP contribution in [0.3, 0.4) is 0 Å². The molecular formula is C14H23N3O. The second kappa shape index (κ2) is 6.40. The van der Waals surface area contributed by atoms with Crippen molar-refractivity contribution in [3.8, 4) is 0 Å². The smallest absolute Gasteiger partial charge is 0.222 e. The second-order valence-corrected chi connectivity index (χ2v) is 4.92. The lowest BCUT2D eigenvalue weighted by atomic mass is 10.1. The van der Waals surface area contributed by atoms with Gasteiger partial charge in [0.1, 0.15) is 0 Å². The highest BCUT2D eigenvalue weighted by Gasteiger charge is 2.17. The van der Waals surface area contributed by atoms with Crippen LogP contribution in [0.4, 0.5) is 5.69 Å². The zero-order valence-corrected chi connectivity index (χ0v) is 11.4. The average molecular weight is 249 g/mol. The molecule has 0 saturated heterocycles. The first-order chi connectivity index (χ1) is 8.45. The lowest BCUT2D eigenvalue weighted by Gasteiger charge is -2.31. The molecule has 0 aliphatic heterocycles. The third kappa shape index (κ3) is 3.74. The SMILES string of the molecule is CC(CN(c1ccc(CN)cc1)C(C)C)C(N)=O. The van der Waals surface area contributed by atoms with Crippen LogP contribution in [0.15, 0.2) is 24.3 Å². The molecule has 0 aromatic heterocycles. The Morgan fingerprint density at radius 3 is 2.17 bits per heavy atom. The topological polar surface area (TPSA) is 72.3 Å². The van der Waals surface area contributed by atoms with Gasteiger partial charge in [0.2, 0.25) is 5.91 Å². The van der Waals surface area contributed by atoms with Crippen LogP contribution in [0.1, 0.15) is 26.3 Å². The maximum Gasteiger partial charge on any atom is 0.222 e. The quantitative estimate of drug-likeness (QED) is 0.802. The van der Waals surface area contributed by atoms with Gasteiger partial charge >= 0.3 is 0 Å². The second-order valence-electron chi connectivity index (χ2n) is 4.92. The Morgan fingerprint density at radius 2 is 1.78 bits per heavy atom. The summed E-state index contributed by atoms with van der Waals surface area (Å²) >= 11 is 0. The Balaban J connectivity index is 2.86. The maximum atomic E-state index is 11.2. The molecule has 4 nitrogen and oxygen atoms in total. The zero-order valence-electron chi connectivity index (χ0n) is 11.4. The molecule has 0 heterocycles. The van der Waals surface area contributed by atoms with Gasteiger partial charge in [-0.05, 0) is 31.5 Å². The highest BCUT2D eigenvalue weighted by atomic mass is 16.1. The summed E-state index contributed by atoms with van der Waals surface area (Å²) in [4.78, 5) is 13.3. The van der Waals surface area contributed by atoms with Gasteiger partial charge in [0.25, 0.3) is 0 Å². The van der Waals surface area contributed by atoms with E-state index in [4.69, 9.17) is 11.5 Å². The number of primary amides is 1. The summed E-state index contributed by atoms with van der Waals surface area (Å²) in [6.45, 7) is 7.23. The van der Waals surface area contributed by atoms with Crippen molar-refractivity contribution in [2.24, 2.45) is 17.4 Å². The highest BCUT2D eigenvalue weighted by Crippen LogP contribution is 2.19. The van der Waals surface area contributed by atoms with Crippen LogP contribution in [0, 0.1) is 5.92 Å². The Kier molecular flexibility index (Phi) is 5.16. The molecule has 0 aliphatic carbocycles. The fourth-order valence-corrected chi connectivity index (χ4v) is 1.82. The van der Waals surface area contributed by atoms with Gasteiger partial charge < -0.3 is 16.4 Å². The Labute approximate surface area is 109 Å². The van der Waals surface area contributed by atoms with Crippen LogP contribution in [-0.4, -0.2) is 18.5 Å². The molecule has 18 heavy (non-hydrogen) atoms. The van der Waals surface area contributed by atoms with Gasteiger partial charge in [0, 0.05) is 24.8 Å². The number of hydrogen-bond acceptors (Lipinski definition) is 3. The lowest BCUT2D eigenvalue weighted by molar-refractivity contribution is -0.121. The predicted molar refractivity (Wildman–Crippen MR) is 75.2 cm³/mol. The van der Waals surface area contributed by atoms with E-state index < -0.39 is 0 Å². The molecule has 1 unspecified atom stereocenters. The number of carbonyl (C=O) groups excluding carboxylic acids is 1. The first kappa shape index (κ1) is 14.5. The van der Waals surface area contributed by atoms with E-state index in [1.165, 1.54) is 0 Å². The average Bonchev–Trinajstić information content (AvgIpc) is 2.35. The number of nitrogens with zero attached hydrogens (tertiary/aromatic N) is 1. The first-order valence-electron chi connectivity index (χ1n) is 6.30. The Bertz CT molecular complexity index is 387. The Hall–Kier alpha value is -1.55. The Morgan fingerprint density at radius 1 is 1.22 bits per heavy atom. The summed E-state index contributed by atoms with van der Waals surface area (Å²) < 4.78 is 0.